The van der Waals surface area contributed by atoms with E-state index in [1.165, 1.54) is 0 Å². The molecule has 0 atom stereocenters. The highest BCUT2D eigenvalue weighted by molar-refractivity contribution is 7.80. The van der Waals surface area contributed by atoms with E-state index in [-0.39, 0.29) is 5.75 Å². The Morgan fingerprint density at radius 3 is 2.67 bits per heavy atom. The normalized spacial score (nSPS) is 10.9. The fourth-order valence-electron chi connectivity index (χ4n) is 1.03. The predicted octanol–water partition coefficient (Wildman–Crippen LogP) is 1.21. The minimum Gasteiger partial charge on any atom is -0.507 e. The second kappa shape index (κ2) is 5.31. The molecule has 0 saturated heterocycles. The molecule has 0 heterocycles. The summed E-state index contributed by atoms with van der Waals surface area (Å²) in [5.41, 5.74) is 4.01. The van der Waals surface area contributed by atoms with E-state index in [1.807, 2.05) is 6.07 Å². The number of para-hydroxylation sites is 1. The zero-order valence-corrected chi connectivity index (χ0v) is 9.43. The van der Waals surface area contributed by atoms with Gasteiger partial charge in [-0.25, -0.2) is 0 Å². The third-order valence-corrected chi connectivity index (χ3v) is 2.14. The number of nitrogens with zero attached hydrogens (tertiary/aromatic N) is 1. The van der Waals surface area contributed by atoms with Crippen molar-refractivity contribution in [3.8, 4) is 5.75 Å². The van der Waals surface area contributed by atoms with Crippen LogP contribution in [0.5, 0.6) is 5.75 Å². The van der Waals surface area contributed by atoms with E-state index < -0.39 is 0 Å². The predicted molar refractivity (Wildman–Crippen MR) is 65.1 cm³/mol. The number of hydrogen-bond donors (Lipinski definition) is 3. The maximum absolute atomic E-state index is 9.55. The van der Waals surface area contributed by atoms with Crippen LogP contribution in [0, 0.1) is 0 Å². The third-order valence-electron chi connectivity index (χ3n) is 1.85. The quantitative estimate of drug-likeness (QED) is 0.401. The highest BCUT2D eigenvalue weighted by atomic mass is 32.1. The van der Waals surface area contributed by atoms with Gasteiger partial charge in [0.1, 0.15) is 5.75 Å². The molecule has 4 nitrogen and oxygen atoms in total. The average Bonchev–Trinajstić information content (AvgIpc) is 2.26. The largest absolute Gasteiger partial charge is 0.507 e. The summed E-state index contributed by atoms with van der Waals surface area (Å²) >= 11 is 4.86. The lowest BCUT2D eigenvalue weighted by atomic mass is 10.1. The van der Waals surface area contributed by atoms with E-state index in [2.05, 4.69) is 15.8 Å². The molecular formula is C10H13N3OS. The molecule has 0 saturated carbocycles. The van der Waals surface area contributed by atoms with Crippen LogP contribution in [0.15, 0.2) is 29.4 Å². The van der Waals surface area contributed by atoms with Crippen molar-refractivity contribution in [1.29, 1.82) is 0 Å². The van der Waals surface area contributed by atoms with Gasteiger partial charge in [0.15, 0.2) is 5.11 Å². The Morgan fingerprint density at radius 1 is 1.40 bits per heavy atom. The number of benzene rings is 1. The van der Waals surface area contributed by atoms with Gasteiger partial charge < -0.3 is 10.4 Å². The molecule has 1 aromatic carbocycles. The first kappa shape index (κ1) is 11.5. The van der Waals surface area contributed by atoms with Gasteiger partial charge in [0, 0.05) is 12.6 Å². The van der Waals surface area contributed by atoms with Crippen LogP contribution in [0.1, 0.15) is 12.5 Å². The molecule has 0 unspecified atom stereocenters. The Kier molecular flexibility index (Phi) is 4.05. The fourth-order valence-corrected chi connectivity index (χ4v) is 1.08. The van der Waals surface area contributed by atoms with Crippen molar-refractivity contribution in [2.75, 3.05) is 7.05 Å². The van der Waals surface area contributed by atoms with Crippen molar-refractivity contribution in [3.63, 3.8) is 0 Å². The summed E-state index contributed by atoms with van der Waals surface area (Å²) < 4.78 is 0. The molecule has 0 fully saturated rings. The summed E-state index contributed by atoms with van der Waals surface area (Å²) in [7, 11) is 1.71. The van der Waals surface area contributed by atoms with Gasteiger partial charge in [-0.05, 0) is 31.3 Å². The Morgan fingerprint density at radius 2 is 2.07 bits per heavy atom. The lowest BCUT2D eigenvalue weighted by Crippen LogP contribution is -2.29. The van der Waals surface area contributed by atoms with Crippen LogP contribution < -0.4 is 10.7 Å². The molecule has 0 aliphatic rings. The topological polar surface area (TPSA) is 56.7 Å². The van der Waals surface area contributed by atoms with E-state index >= 15 is 0 Å². The Balaban J connectivity index is 2.80. The maximum atomic E-state index is 9.55. The van der Waals surface area contributed by atoms with Gasteiger partial charge in [-0.2, -0.15) is 5.10 Å². The smallest absolute Gasteiger partial charge is 0.186 e. The van der Waals surface area contributed by atoms with E-state index in [1.54, 1.807) is 32.2 Å². The first-order chi connectivity index (χ1) is 7.15. The zero-order valence-electron chi connectivity index (χ0n) is 8.61. The number of thiocarbonyl (C=S) groups is 1. The molecule has 15 heavy (non-hydrogen) atoms. The van der Waals surface area contributed by atoms with Crippen LogP contribution in [-0.2, 0) is 0 Å². The number of hydrogen-bond acceptors (Lipinski definition) is 3. The first-order valence-corrected chi connectivity index (χ1v) is 4.86. The van der Waals surface area contributed by atoms with Crippen molar-refractivity contribution < 1.29 is 5.11 Å². The summed E-state index contributed by atoms with van der Waals surface area (Å²) in [6, 6.07) is 7.01. The van der Waals surface area contributed by atoms with Crippen molar-refractivity contribution >= 4 is 23.0 Å². The van der Waals surface area contributed by atoms with Crippen LogP contribution in [0.25, 0.3) is 0 Å². The fraction of sp³-hybridized carbons (Fsp3) is 0.200. The average molecular weight is 223 g/mol. The molecule has 1 aromatic rings. The number of rotatable bonds is 2. The molecule has 80 valence electrons. The van der Waals surface area contributed by atoms with Gasteiger partial charge in [0.05, 0.1) is 5.71 Å². The summed E-state index contributed by atoms with van der Waals surface area (Å²) in [5.74, 6) is 0.205. The Bertz CT molecular complexity index is 390. The van der Waals surface area contributed by atoms with Crippen molar-refractivity contribution in [2.45, 2.75) is 6.92 Å². The van der Waals surface area contributed by atoms with E-state index in [0.29, 0.717) is 16.4 Å². The van der Waals surface area contributed by atoms with Gasteiger partial charge in [-0.3, -0.25) is 5.43 Å². The van der Waals surface area contributed by atoms with Crippen LogP contribution in [0.2, 0.25) is 0 Å². The molecule has 0 aliphatic carbocycles. The van der Waals surface area contributed by atoms with Crippen LogP contribution in [0.3, 0.4) is 0 Å². The number of phenolic OH excluding ortho intramolecular Hbond substituents is 1. The second-order valence-electron chi connectivity index (χ2n) is 2.91. The SMILES string of the molecule is CNC(=S)N/N=C(\C)c1ccccc1O. The van der Waals surface area contributed by atoms with Crippen LogP contribution >= 0.6 is 12.2 Å². The molecule has 0 radical (unpaired) electrons. The van der Waals surface area contributed by atoms with Crippen molar-refractivity contribution in [1.82, 2.24) is 10.7 Å². The number of phenols is 1. The lowest BCUT2D eigenvalue weighted by Gasteiger charge is -2.05. The first-order valence-electron chi connectivity index (χ1n) is 4.45. The Hall–Kier alpha value is -1.62. The summed E-state index contributed by atoms with van der Waals surface area (Å²) in [4.78, 5) is 0. The zero-order chi connectivity index (χ0) is 11.3. The lowest BCUT2D eigenvalue weighted by molar-refractivity contribution is 0.474. The van der Waals surface area contributed by atoms with Gasteiger partial charge in [-0.15, -0.1) is 0 Å². The Labute approximate surface area is 94.0 Å². The standard InChI is InChI=1S/C10H13N3OS/c1-7(12-13-10(15)11-2)8-5-3-4-6-9(8)14/h3-6,14H,1-2H3,(H2,11,13,15)/b12-7+. The molecule has 0 bridgehead atoms. The molecule has 5 heteroatoms. The molecule has 0 aliphatic heterocycles. The van der Waals surface area contributed by atoms with Gasteiger partial charge in [0.25, 0.3) is 0 Å². The molecular weight excluding hydrogens is 210 g/mol. The minimum atomic E-state index is 0.205. The van der Waals surface area contributed by atoms with Gasteiger partial charge in [0.2, 0.25) is 0 Å². The number of nitrogens with one attached hydrogen (secondary N) is 2. The monoisotopic (exact) mass is 223 g/mol. The minimum absolute atomic E-state index is 0.205. The van der Waals surface area contributed by atoms with Crippen molar-refractivity contribution in [2.24, 2.45) is 5.10 Å². The third kappa shape index (κ3) is 3.21. The highest BCUT2D eigenvalue weighted by Crippen LogP contribution is 2.15. The summed E-state index contributed by atoms with van der Waals surface area (Å²) in [6.45, 7) is 1.79. The van der Waals surface area contributed by atoms with Gasteiger partial charge in [-0.1, -0.05) is 12.1 Å². The van der Waals surface area contributed by atoms with E-state index in [9.17, 15) is 5.11 Å². The van der Waals surface area contributed by atoms with E-state index in [0.717, 1.165) is 0 Å². The van der Waals surface area contributed by atoms with Crippen LogP contribution in [0.4, 0.5) is 0 Å². The summed E-state index contributed by atoms with van der Waals surface area (Å²) in [6.07, 6.45) is 0. The molecule has 0 amide bonds. The van der Waals surface area contributed by atoms with Crippen LogP contribution in [-0.4, -0.2) is 23.0 Å². The highest BCUT2D eigenvalue weighted by Gasteiger charge is 2.02. The van der Waals surface area contributed by atoms with Crippen molar-refractivity contribution in [3.05, 3.63) is 29.8 Å². The molecule has 0 spiro atoms. The molecule has 0 aromatic heterocycles. The summed E-state index contributed by atoms with van der Waals surface area (Å²) in [5, 5.41) is 16.7. The molecule has 1 rings (SSSR count). The second-order valence-corrected chi connectivity index (χ2v) is 3.31. The number of hydrazone groups is 1. The molecule has 3 N–H and O–H groups in total. The van der Waals surface area contributed by atoms with E-state index in [4.69, 9.17) is 12.2 Å². The number of aromatic hydroxyl groups is 1. The maximum Gasteiger partial charge on any atom is 0.186 e. The van der Waals surface area contributed by atoms with Gasteiger partial charge >= 0.3 is 0 Å².